The number of hydrogen-bond acceptors (Lipinski definition) is 4. The molecule has 1 saturated heterocycles. The van der Waals surface area contributed by atoms with E-state index in [-0.39, 0.29) is 5.91 Å². The maximum absolute atomic E-state index is 13.6. The van der Waals surface area contributed by atoms with Gasteiger partial charge in [0.1, 0.15) is 17.2 Å². The molecule has 3 aromatic rings. The van der Waals surface area contributed by atoms with Crippen LogP contribution in [0, 0.1) is 5.82 Å². The van der Waals surface area contributed by atoms with Gasteiger partial charge in [0, 0.05) is 31.5 Å². The summed E-state index contributed by atoms with van der Waals surface area (Å²) in [5.41, 5.74) is 3.78. The Morgan fingerprint density at radius 3 is 2.64 bits per heavy atom. The summed E-state index contributed by atoms with van der Waals surface area (Å²) in [4.78, 5) is 19.5. The molecule has 0 unspecified atom stereocenters. The fraction of sp³-hybridized carbons (Fsp3) is 0.333. The number of imidazole rings is 1. The first-order valence-corrected chi connectivity index (χ1v) is 9.52. The summed E-state index contributed by atoms with van der Waals surface area (Å²) in [6.07, 6.45) is 1.90. The molecular weight excluding hydrogens is 359 g/mol. The molecule has 1 aromatic carbocycles. The minimum absolute atomic E-state index is 0.257. The van der Waals surface area contributed by atoms with Crippen LogP contribution >= 0.6 is 0 Å². The Bertz CT molecular complexity index is 978. The molecule has 0 spiro atoms. The van der Waals surface area contributed by atoms with Crippen LogP contribution < -0.4 is 10.2 Å². The number of nitrogens with one attached hydrogen (secondary N) is 1. The lowest BCUT2D eigenvalue weighted by Crippen LogP contribution is -2.36. The van der Waals surface area contributed by atoms with Crippen molar-refractivity contribution in [1.82, 2.24) is 14.7 Å². The van der Waals surface area contributed by atoms with Crippen molar-refractivity contribution >= 4 is 17.2 Å². The number of hydrogen-bond donors (Lipinski definition) is 1. The van der Waals surface area contributed by atoms with E-state index in [4.69, 9.17) is 4.74 Å². The number of amides is 1. The summed E-state index contributed by atoms with van der Waals surface area (Å²) in [5, 5.41) is 2.93. The molecule has 6 nitrogen and oxygen atoms in total. The number of nitrogens with zero attached hydrogens (tertiary/aromatic N) is 3. The Morgan fingerprint density at radius 2 is 1.93 bits per heavy atom. The molecule has 0 saturated carbocycles. The Labute approximate surface area is 162 Å². The Balaban J connectivity index is 1.47. The third kappa shape index (κ3) is 3.71. The highest BCUT2D eigenvalue weighted by atomic mass is 19.1. The van der Waals surface area contributed by atoms with Gasteiger partial charge in [-0.05, 0) is 36.2 Å². The second-order valence-electron chi connectivity index (χ2n) is 6.78. The van der Waals surface area contributed by atoms with Gasteiger partial charge < -0.3 is 15.0 Å². The third-order valence-corrected chi connectivity index (χ3v) is 4.97. The lowest BCUT2D eigenvalue weighted by molar-refractivity contribution is 0.0944. The Kier molecular flexibility index (Phi) is 5.25. The van der Waals surface area contributed by atoms with E-state index in [0.717, 1.165) is 37.6 Å². The maximum Gasteiger partial charge on any atom is 0.270 e. The second-order valence-corrected chi connectivity index (χ2v) is 6.78. The molecule has 7 heteroatoms. The van der Waals surface area contributed by atoms with Gasteiger partial charge in [-0.1, -0.05) is 19.1 Å². The molecule has 4 rings (SSSR count). The first-order valence-electron chi connectivity index (χ1n) is 9.52. The third-order valence-electron chi connectivity index (χ3n) is 4.97. The molecule has 28 heavy (non-hydrogen) atoms. The minimum Gasteiger partial charge on any atom is -0.378 e. The number of ether oxygens (including phenoxy) is 1. The van der Waals surface area contributed by atoms with Gasteiger partial charge in [-0.25, -0.2) is 9.37 Å². The average molecular weight is 382 g/mol. The Hall–Kier alpha value is -2.93. The first kappa shape index (κ1) is 18.4. The predicted octanol–water partition coefficient (Wildman–Crippen LogP) is 2.80. The van der Waals surface area contributed by atoms with Crippen molar-refractivity contribution in [3.8, 4) is 0 Å². The van der Waals surface area contributed by atoms with Crippen molar-refractivity contribution in [1.29, 1.82) is 0 Å². The van der Waals surface area contributed by atoms with Crippen LogP contribution in [-0.4, -0.2) is 41.6 Å². The summed E-state index contributed by atoms with van der Waals surface area (Å²) in [6, 6.07) is 11.1. The minimum atomic E-state index is -0.402. The molecule has 1 fully saturated rings. The highest BCUT2D eigenvalue weighted by Gasteiger charge is 2.18. The van der Waals surface area contributed by atoms with E-state index < -0.39 is 5.82 Å². The highest BCUT2D eigenvalue weighted by molar-refractivity contribution is 5.94. The Morgan fingerprint density at radius 1 is 1.18 bits per heavy atom. The van der Waals surface area contributed by atoms with E-state index >= 15 is 0 Å². The van der Waals surface area contributed by atoms with Crippen molar-refractivity contribution in [3.05, 3.63) is 65.4 Å². The van der Waals surface area contributed by atoms with Gasteiger partial charge in [0.2, 0.25) is 0 Å². The average Bonchev–Trinajstić information content (AvgIpc) is 3.11. The largest absolute Gasteiger partial charge is 0.378 e. The van der Waals surface area contributed by atoms with Gasteiger partial charge >= 0.3 is 0 Å². The monoisotopic (exact) mass is 382 g/mol. The number of halogens is 1. The van der Waals surface area contributed by atoms with Crippen LogP contribution in [0.15, 0.2) is 42.6 Å². The normalized spacial score (nSPS) is 14.4. The first-order chi connectivity index (χ1) is 13.7. The lowest BCUT2D eigenvalue weighted by atomic mass is 10.1. The van der Waals surface area contributed by atoms with E-state index in [1.807, 2.05) is 19.1 Å². The van der Waals surface area contributed by atoms with Gasteiger partial charge in [-0.3, -0.25) is 9.20 Å². The summed E-state index contributed by atoms with van der Waals surface area (Å²) in [5.74, 6) is -0.660. The number of pyridine rings is 1. The van der Waals surface area contributed by atoms with E-state index in [2.05, 4.69) is 27.3 Å². The number of carbonyl (C=O) groups is 1. The summed E-state index contributed by atoms with van der Waals surface area (Å²) in [6.45, 7) is 5.60. The molecule has 3 heterocycles. The molecule has 146 valence electrons. The van der Waals surface area contributed by atoms with Crippen LogP contribution in [0.2, 0.25) is 0 Å². The van der Waals surface area contributed by atoms with Crippen molar-refractivity contribution in [2.75, 3.05) is 31.2 Å². The highest BCUT2D eigenvalue weighted by Crippen LogP contribution is 2.18. The van der Waals surface area contributed by atoms with Gasteiger partial charge in [-0.15, -0.1) is 0 Å². The predicted molar refractivity (Wildman–Crippen MR) is 105 cm³/mol. The van der Waals surface area contributed by atoms with Crippen LogP contribution in [0.4, 0.5) is 10.1 Å². The van der Waals surface area contributed by atoms with E-state index in [1.165, 1.54) is 16.7 Å². The molecule has 1 aliphatic rings. The molecule has 1 amide bonds. The zero-order chi connectivity index (χ0) is 19.5. The van der Waals surface area contributed by atoms with Crippen LogP contribution in [0.3, 0.4) is 0 Å². The lowest BCUT2D eigenvalue weighted by Gasteiger charge is -2.28. The van der Waals surface area contributed by atoms with Crippen LogP contribution in [0.1, 0.15) is 28.7 Å². The fourth-order valence-electron chi connectivity index (χ4n) is 3.47. The maximum atomic E-state index is 13.6. The SMILES string of the molecule is CCc1nc2ccc(F)cn2c1C(=O)NCc1ccc(N2CCOCC2)cc1. The topological polar surface area (TPSA) is 58.9 Å². The van der Waals surface area contributed by atoms with Crippen LogP contribution in [-0.2, 0) is 17.7 Å². The van der Waals surface area contributed by atoms with Crippen molar-refractivity contribution < 1.29 is 13.9 Å². The molecule has 0 atom stereocenters. The number of carbonyl (C=O) groups excluding carboxylic acids is 1. The van der Waals surface area contributed by atoms with E-state index in [1.54, 1.807) is 6.07 Å². The summed E-state index contributed by atoms with van der Waals surface area (Å²) >= 11 is 0. The fourth-order valence-corrected chi connectivity index (χ4v) is 3.47. The zero-order valence-electron chi connectivity index (χ0n) is 15.8. The van der Waals surface area contributed by atoms with Gasteiger partial charge in [-0.2, -0.15) is 0 Å². The van der Waals surface area contributed by atoms with E-state index in [0.29, 0.717) is 30.0 Å². The van der Waals surface area contributed by atoms with Gasteiger partial charge in [0.25, 0.3) is 5.91 Å². The smallest absolute Gasteiger partial charge is 0.270 e. The number of benzene rings is 1. The quantitative estimate of drug-likeness (QED) is 0.737. The standard InChI is InChI=1S/C21H23FN4O2/c1-2-18-20(26-14-16(22)5-8-19(26)24-18)21(27)23-13-15-3-6-17(7-4-15)25-9-11-28-12-10-25/h3-8,14H,2,9-13H2,1H3,(H,23,27). The number of aromatic nitrogens is 2. The molecule has 1 N–H and O–H groups in total. The number of aryl methyl sites for hydroxylation is 1. The molecule has 0 radical (unpaired) electrons. The number of morpholine rings is 1. The zero-order valence-corrected chi connectivity index (χ0v) is 15.8. The molecular formula is C21H23FN4O2. The molecule has 2 aromatic heterocycles. The van der Waals surface area contributed by atoms with Crippen molar-refractivity contribution in [2.45, 2.75) is 19.9 Å². The van der Waals surface area contributed by atoms with Crippen molar-refractivity contribution in [3.63, 3.8) is 0 Å². The van der Waals surface area contributed by atoms with E-state index in [9.17, 15) is 9.18 Å². The van der Waals surface area contributed by atoms with Crippen molar-refractivity contribution in [2.24, 2.45) is 0 Å². The molecule has 1 aliphatic heterocycles. The van der Waals surface area contributed by atoms with Gasteiger partial charge in [0.05, 0.1) is 18.9 Å². The number of fused-ring (bicyclic) bond motifs is 1. The van der Waals surface area contributed by atoms with Gasteiger partial charge in [0.15, 0.2) is 0 Å². The number of anilines is 1. The second kappa shape index (κ2) is 7.98. The number of rotatable bonds is 5. The molecule has 0 bridgehead atoms. The molecule has 0 aliphatic carbocycles. The summed E-state index contributed by atoms with van der Waals surface area (Å²) in [7, 11) is 0. The summed E-state index contributed by atoms with van der Waals surface area (Å²) < 4.78 is 20.5. The van der Waals surface area contributed by atoms with Crippen LogP contribution in [0.5, 0.6) is 0 Å². The van der Waals surface area contributed by atoms with Crippen LogP contribution in [0.25, 0.3) is 5.65 Å².